The van der Waals surface area contributed by atoms with Crippen LogP contribution in [0.25, 0.3) is 0 Å². The van der Waals surface area contributed by atoms with E-state index in [2.05, 4.69) is 0 Å². The third-order valence-corrected chi connectivity index (χ3v) is 7.06. The Morgan fingerprint density at radius 2 is 1.11 bits per heavy atom. The molecule has 0 amide bonds. The maximum absolute atomic E-state index is 12.6. The van der Waals surface area contributed by atoms with Gasteiger partial charge in [-0.05, 0) is 27.7 Å². The summed E-state index contributed by atoms with van der Waals surface area (Å²) in [6.07, 6.45) is 0.855. The minimum atomic E-state index is -1.80. The van der Waals surface area contributed by atoms with Crippen molar-refractivity contribution in [2.24, 2.45) is 0 Å². The molecule has 0 spiro atoms. The van der Waals surface area contributed by atoms with Crippen LogP contribution in [0.5, 0.6) is 0 Å². The summed E-state index contributed by atoms with van der Waals surface area (Å²) in [5.74, 6) is -1.86. The number of aliphatic hydroxyl groups excluding tert-OH is 7. The van der Waals surface area contributed by atoms with Crippen LogP contribution in [-0.4, -0.2) is 127 Å². The fraction of sp³-hybridized carbons (Fsp3) is 0.500. The predicted octanol–water partition coefficient (Wildman–Crippen LogP) is -0.308. The highest BCUT2D eigenvalue weighted by Crippen LogP contribution is 2.26. The zero-order chi connectivity index (χ0) is 34.6. The van der Waals surface area contributed by atoms with Crippen molar-refractivity contribution in [3.05, 3.63) is 83.1 Å². The first-order valence-electron chi connectivity index (χ1n) is 14.5. The minimum absolute atomic E-state index is 0.127. The molecule has 46 heavy (non-hydrogen) atoms. The Labute approximate surface area is 266 Å². The van der Waals surface area contributed by atoms with E-state index in [0.29, 0.717) is 0 Å². The van der Waals surface area contributed by atoms with Crippen LogP contribution in [0.15, 0.2) is 83.1 Å². The van der Waals surface area contributed by atoms with Gasteiger partial charge < -0.3 is 59.8 Å². The molecule has 0 bridgehead atoms. The molecule has 2 aliphatic rings. The van der Waals surface area contributed by atoms with Crippen molar-refractivity contribution in [3.8, 4) is 0 Å². The van der Waals surface area contributed by atoms with Gasteiger partial charge in [0, 0.05) is 11.1 Å². The summed E-state index contributed by atoms with van der Waals surface area (Å²) in [6, 6.07) is 0. The number of carbonyl (C=O) groups is 2. The molecule has 14 heteroatoms. The van der Waals surface area contributed by atoms with Gasteiger partial charge in [0.25, 0.3) is 0 Å². The molecule has 0 aromatic rings. The van der Waals surface area contributed by atoms with E-state index >= 15 is 0 Å². The quantitative estimate of drug-likeness (QED) is 0.0725. The number of aliphatic hydroxyl groups is 7. The lowest BCUT2D eigenvalue weighted by Crippen LogP contribution is -2.61. The lowest BCUT2D eigenvalue weighted by atomic mass is 9.98. The number of ether oxygens (including phenoxy) is 4. The Morgan fingerprint density at radius 1 is 0.630 bits per heavy atom. The molecule has 0 aromatic heterocycles. The second kappa shape index (κ2) is 18.8. The molecule has 2 saturated heterocycles. The van der Waals surface area contributed by atoms with Gasteiger partial charge in [-0.1, -0.05) is 71.9 Å². The minimum Gasteiger partial charge on any atom is -0.478 e. The van der Waals surface area contributed by atoms with E-state index in [0.717, 1.165) is 11.1 Å². The smallest absolute Gasteiger partial charge is 0.336 e. The van der Waals surface area contributed by atoms with Gasteiger partial charge in [-0.25, -0.2) is 9.59 Å². The third-order valence-electron chi connectivity index (χ3n) is 7.06. The van der Waals surface area contributed by atoms with Gasteiger partial charge in [0.2, 0.25) is 6.29 Å². The molecule has 2 heterocycles. The number of aliphatic carboxylic acids is 1. The van der Waals surface area contributed by atoms with Crippen molar-refractivity contribution in [2.45, 2.75) is 89.1 Å². The van der Waals surface area contributed by atoms with E-state index < -0.39 is 86.6 Å². The monoisotopic (exact) mass is 652 g/mol. The summed E-state index contributed by atoms with van der Waals surface area (Å²) >= 11 is 0. The molecule has 2 rings (SSSR count). The number of carbonyl (C=O) groups excluding carboxylic acids is 1. The molecule has 0 aromatic carbocycles. The van der Waals surface area contributed by atoms with Gasteiger partial charge in [0.15, 0.2) is 6.29 Å². The summed E-state index contributed by atoms with van der Waals surface area (Å²) in [5, 5.41) is 79.1. The molecule has 0 saturated carbocycles. The number of esters is 1. The van der Waals surface area contributed by atoms with E-state index in [1.165, 1.54) is 26.0 Å². The Balaban J connectivity index is 1.94. The largest absolute Gasteiger partial charge is 0.478 e. The number of carboxylic acids is 1. The number of hydrogen-bond acceptors (Lipinski definition) is 13. The van der Waals surface area contributed by atoms with E-state index in [-0.39, 0.29) is 11.1 Å². The zero-order valence-electron chi connectivity index (χ0n) is 26.0. The Bertz CT molecular complexity index is 1240. The Hall–Kier alpha value is -3.28. The molecule has 0 aliphatic carbocycles. The topological polar surface area (TPSA) is 233 Å². The molecule has 14 nitrogen and oxygen atoms in total. The van der Waals surface area contributed by atoms with E-state index in [4.69, 9.17) is 24.1 Å². The average molecular weight is 653 g/mol. The number of allylic oxidation sites excluding steroid dienone is 12. The predicted molar refractivity (Wildman–Crippen MR) is 163 cm³/mol. The first-order valence-corrected chi connectivity index (χ1v) is 14.5. The van der Waals surface area contributed by atoms with Crippen LogP contribution in [0.4, 0.5) is 0 Å². The number of rotatable bonds is 13. The molecular weight excluding hydrogens is 608 g/mol. The molecule has 256 valence electrons. The summed E-state index contributed by atoms with van der Waals surface area (Å²) in [6.45, 7) is 5.43. The maximum Gasteiger partial charge on any atom is 0.336 e. The zero-order valence-corrected chi connectivity index (χ0v) is 26.0. The van der Waals surface area contributed by atoms with Gasteiger partial charge in [0.1, 0.15) is 48.8 Å². The molecule has 6 unspecified atom stereocenters. The van der Waals surface area contributed by atoms with Crippen LogP contribution in [0.3, 0.4) is 0 Å². The van der Waals surface area contributed by atoms with Crippen LogP contribution < -0.4 is 0 Å². The van der Waals surface area contributed by atoms with E-state index in [1.54, 1.807) is 30.4 Å². The van der Waals surface area contributed by atoms with E-state index in [1.807, 2.05) is 32.1 Å². The molecule has 2 aliphatic heterocycles. The first-order chi connectivity index (χ1) is 21.7. The molecule has 0 radical (unpaired) electrons. The molecule has 10 atom stereocenters. The normalized spacial score (nSPS) is 33.7. The van der Waals surface area contributed by atoms with Crippen LogP contribution in [0, 0.1) is 0 Å². The van der Waals surface area contributed by atoms with Crippen LogP contribution >= 0.6 is 0 Å². The van der Waals surface area contributed by atoms with Gasteiger partial charge in [-0.3, -0.25) is 0 Å². The van der Waals surface area contributed by atoms with Crippen molar-refractivity contribution in [1.82, 2.24) is 0 Å². The van der Waals surface area contributed by atoms with Crippen LogP contribution in [0.1, 0.15) is 27.7 Å². The fourth-order valence-electron chi connectivity index (χ4n) is 4.10. The number of hydrogen-bond donors (Lipinski definition) is 8. The summed E-state index contributed by atoms with van der Waals surface area (Å²) in [7, 11) is 0. The fourth-order valence-corrected chi connectivity index (χ4v) is 4.10. The van der Waals surface area contributed by atoms with Crippen molar-refractivity contribution >= 4 is 11.9 Å². The highest BCUT2D eigenvalue weighted by atomic mass is 16.7. The lowest BCUT2D eigenvalue weighted by Gasteiger charge is -2.42. The van der Waals surface area contributed by atoms with Gasteiger partial charge in [-0.15, -0.1) is 0 Å². The third kappa shape index (κ3) is 11.5. The van der Waals surface area contributed by atoms with Crippen molar-refractivity contribution in [2.75, 3.05) is 13.2 Å². The summed E-state index contributed by atoms with van der Waals surface area (Å²) in [5.41, 5.74) is 2.11. The van der Waals surface area contributed by atoms with Crippen LogP contribution in [-0.2, 0) is 28.5 Å². The van der Waals surface area contributed by atoms with Crippen molar-refractivity contribution in [1.29, 1.82) is 0 Å². The Kier molecular flexibility index (Phi) is 15.9. The molecule has 8 N–H and O–H groups in total. The Morgan fingerprint density at radius 3 is 1.63 bits per heavy atom. The highest BCUT2D eigenvalue weighted by molar-refractivity contribution is 5.88. The molecular formula is C32H44O14. The van der Waals surface area contributed by atoms with Crippen molar-refractivity contribution < 1.29 is 69.4 Å². The second-order valence-corrected chi connectivity index (χ2v) is 10.9. The lowest BCUT2D eigenvalue weighted by molar-refractivity contribution is -0.326. The second-order valence-electron chi connectivity index (χ2n) is 10.9. The van der Waals surface area contributed by atoms with Crippen LogP contribution in [0.2, 0.25) is 0 Å². The first kappa shape index (κ1) is 38.9. The number of carboxylic acid groups (broad SMARTS) is 1. The summed E-state index contributed by atoms with van der Waals surface area (Å²) in [4.78, 5) is 23.4. The van der Waals surface area contributed by atoms with Gasteiger partial charge in [-0.2, -0.15) is 0 Å². The average Bonchev–Trinajstić information content (AvgIpc) is 3.02. The standard InChI is InChI=1S/C32H44O14/c1-17(11-7-13-19(3)29(40)41)9-5-6-10-18(2)12-8-14-20(4)30(42)46-32-28(39)26(37)24(35)22(45-32)16-43-31-27(38)25(36)23(34)21(15-33)44-31/h5-14,21-28,31-39H,15-16H2,1-4H3,(H,40,41)/b6-5+,11-7+,12-8+,17-9+,18-10+,19-13+,20-14+/t21?,22?,23-,24-,25?,26?,27?,28?,31-,32+/m1/s1. The molecule has 2 fully saturated rings. The van der Waals surface area contributed by atoms with Gasteiger partial charge in [0.05, 0.1) is 13.2 Å². The van der Waals surface area contributed by atoms with Gasteiger partial charge >= 0.3 is 11.9 Å². The highest BCUT2D eigenvalue weighted by Gasteiger charge is 2.48. The SMILES string of the molecule is CC(/C=C/C=C(\C)C(=O)O)=C\C=C\C=C(C)\C=C\C=C(/C)C(=O)O[C@@H]1OC(CO[C@@H]2OC(CO)[C@@H](O)C(O)C2O)[C@@H](O)C(O)C1O. The van der Waals surface area contributed by atoms with E-state index in [9.17, 15) is 45.3 Å². The summed E-state index contributed by atoms with van der Waals surface area (Å²) < 4.78 is 21.3. The van der Waals surface area contributed by atoms with Crippen molar-refractivity contribution in [3.63, 3.8) is 0 Å². The maximum atomic E-state index is 12.6.